The zero-order valence-corrected chi connectivity index (χ0v) is 14.4. The van der Waals surface area contributed by atoms with Crippen LogP contribution in [-0.2, 0) is 5.54 Å². The highest BCUT2D eigenvalue weighted by Crippen LogP contribution is 2.41. The average molecular weight is 326 g/mol. The van der Waals surface area contributed by atoms with E-state index in [4.69, 9.17) is 0 Å². The van der Waals surface area contributed by atoms with Gasteiger partial charge in [0, 0.05) is 12.4 Å². The molecule has 0 unspecified atom stereocenters. The minimum absolute atomic E-state index is 0.493. The van der Waals surface area contributed by atoms with E-state index in [1.165, 1.54) is 11.1 Å². The van der Waals surface area contributed by atoms with Crippen molar-refractivity contribution in [3.8, 4) is 0 Å². The Morgan fingerprint density at radius 1 is 1.00 bits per heavy atom. The van der Waals surface area contributed by atoms with Crippen LogP contribution in [0.2, 0.25) is 0 Å². The largest absolute Gasteiger partial charge is 0.319 e. The Morgan fingerprint density at radius 2 is 1.60 bits per heavy atom. The van der Waals surface area contributed by atoms with Crippen molar-refractivity contribution in [1.82, 2.24) is 9.55 Å². The van der Waals surface area contributed by atoms with Crippen LogP contribution < -0.4 is 0 Å². The normalized spacial score (nSPS) is 12.4. The van der Waals surface area contributed by atoms with Gasteiger partial charge in [0.25, 0.3) is 0 Å². The summed E-state index contributed by atoms with van der Waals surface area (Å²) in [5.74, 6) is 0. The molecule has 0 N–H and O–H groups in total. The third-order valence-electron chi connectivity index (χ3n) is 4.42. The van der Waals surface area contributed by atoms with Crippen LogP contribution in [0.1, 0.15) is 18.1 Å². The first-order valence-electron chi connectivity index (χ1n) is 8.39. The summed E-state index contributed by atoms with van der Waals surface area (Å²) in [6.45, 7) is 5.89. The number of rotatable bonds is 6. The van der Waals surface area contributed by atoms with Gasteiger partial charge in [0.15, 0.2) is 0 Å². The molecule has 0 aliphatic carbocycles. The number of hydrogen-bond acceptors (Lipinski definition) is 1. The summed E-state index contributed by atoms with van der Waals surface area (Å²) in [5, 5.41) is 0. The van der Waals surface area contributed by atoms with Crippen LogP contribution in [0, 0.1) is 0 Å². The van der Waals surface area contributed by atoms with Crippen molar-refractivity contribution in [2.75, 3.05) is 0 Å². The molecular weight excluding hydrogens is 304 g/mol. The molecule has 3 rings (SSSR count). The summed E-state index contributed by atoms with van der Waals surface area (Å²) in [6.07, 6.45) is 13.8. The van der Waals surface area contributed by atoms with E-state index in [0.717, 1.165) is 5.57 Å². The standard InChI is InChI=1S/C23H22N2/c1-3-5-12-20(4-2)23(25-18-17-24-19-25,21-13-8-6-9-14-21)22-15-10-7-11-16-22/h3-19H,1H2,2H3/b12-5-,20-4+. The Bertz CT molecular complexity index is 817. The molecule has 2 heteroatoms. The third kappa shape index (κ3) is 2.99. The molecule has 0 bridgehead atoms. The molecule has 0 atom stereocenters. The highest BCUT2D eigenvalue weighted by atomic mass is 15.1. The van der Waals surface area contributed by atoms with Crippen molar-refractivity contribution in [1.29, 1.82) is 0 Å². The second kappa shape index (κ2) is 7.63. The highest BCUT2D eigenvalue weighted by molar-refractivity contribution is 5.52. The van der Waals surface area contributed by atoms with E-state index >= 15 is 0 Å². The first-order valence-corrected chi connectivity index (χ1v) is 8.39. The molecule has 0 spiro atoms. The van der Waals surface area contributed by atoms with Gasteiger partial charge in [0.2, 0.25) is 0 Å². The number of nitrogens with zero attached hydrogens (tertiary/aromatic N) is 2. The maximum Gasteiger partial charge on any atom is 0.121 e. The van der Waals surface area contributed by atoms with Crippen LogP contribution in [0.3, 0.4) is 0 Å². The summed E-state index contributed by atoms with van der Waals surface area (Å²) < 4.78 is 2.17. The molecule has 0 aliphatic rings. The van der Waals surface area contributed by atoms with Crippen molar-refractivity contribution >= 4 is 0 Å². The van der Waals surface area contributed by atoms with Crippen LogP contribution >= 0.6 is 0 Å². The van der Waals surface area contributed by atoms with Crippen molar-refractivity contribution in [2.24, 2.45) is 0 Å². The number of hydrogen-bond donors (Lipinski definition) is 0. The Balaban J connectivity index is 2.40. The van der Waals surface area contributed by atoms with Gasteiger partial charge in [-0.15, -0.1) is 0 Å². The van der Waals surface area contributed by atoms with Gasteiger partial charge in [0.05, 0.1) is 6.33 Å². The zero-order chi connectivity index (χ0) is 17.5. The molecule has 0 fully saturated rings. The fourth-order valence-electron chi connectivity index (χ4n) is 3.36. The smallest absolute Gasteiger partial charge is 0.121 e. The first kappa shape index (κ1) is 16.7. The van der Waals surface area contributed by atoms with E-state index in [1.54, 1.807) is 6.08 Å². The predicted molar refractivity (Wildman–Crippen MR) is 104 cm³/mol. The Hall–Kier alpha value is -3.13. The second-order valence-corrected chi connectivity index (χ2v) is 5.75. The minimum atomic E-state index is -0.493. The van der Waals surface area contributed by atoms with Gasteiger partial charge in [-0.05, 0) is 23.6 Å². The molecule has 0 radical (unpaired) electrons. The topological polar surface area (TPSA) is 17.8 Å². The molecule has 2 aromatic carbocycles. The summed E-state index contributed by atoms with van der Waals surface area (Å²) in [6, 6.07) is 21.1. The van der Waals surface area contributed by atoms with Crippen LogP contribution in [0.5, 0.6) is 0 Å². The van der Waals surface area contributed by atoms with Gasteiger partial charge in [0.1, 0.15) is 5.54 Å². The molecule has 3 aromatic rings. The van der Waals surface area contributed by atoms with E-state index in [0.29, 0.717) is 0 Å². The van der Waals surface area contributed by atoms with E-state index in [-0.39, 0.29) is 0 Å². The van der Waals surface area contributed by atoms with Crippen LogP contribution in [-0.4, -0.2) is 9.55 Å². The van der Waals surface area contributed by atoms with Crippen molar-refractivity contribution in [2.45, 2.75) is 12.5 Å². The third-order valence-corrected chi connectivity index (χ3v) is 4.42. The molecule has 0 amide bonds. The predicted octanol–water partition coefficient (Wildman–Crippen LogP) is 5.36. The van der Waals surface area contributed by atoms with Crippen molar-refractivity contribution in [3.05, 3.63) is 127 Å². The molecule has 2 nitrogen and oxygen atoms in total. The lowest BCUT2D eigenvalue weighted by atomic mass is 9.76. The van der Waals surface area contributed by atoms with Gasteiger partial charge < -0.3 is 4.57 Å². The van der Waals surface area contributed by atoms with Gasteiger partial charge in [-0.25, -0.2) is 4.98 Å². The molecule has 0 aliphatic heterocycles. The SMILES string of the molecule is C=C/C=C\C(=C/C)C(c1ccccc1)(c1ccccc1)n1ccnc1. The monoisotopic (exact) mass is 326 g/mol. The van der Waals surface area contributed by atoms with Gasteiger partial charge >= 0.3 is 0 Å². The average Bonchev–Trinajstić information content (AvgIpc) is 3.21. The van der Waals surface area contributed by atoms with E-state index in [1.807, 2.05) is 36.9 Å². The maximum atomic E-state index is 4.33. The molecule has 1 aromatic heterocycles. The number of allylic oxidation sites excluding steroid dienone is 5. The van der Waals surface area contributed by atoms with E-state index in [2.05, 4.69) is 83.7 Å². The van der Waals surface area contributed by atoms with Crippen LogP contribution in [0.25, 0.3) is 0 Å². The Labute approximate surface area is 149 Å². The number of imidazole rings is 1. The lowest BCUT2D eigenvalue weighted by molar-refractivity contribution is 0.512. The van der Waals surface area contributed by atoms with Crippen molar-refractivity contribution in [3.63, 3.8) is 0 Å². The van der Waals surface area contributed by atoms with Gasteiger partial charge in [-0.3, -0.25) is 0 Å². The lowest BCUT2D eigenvalue weighted by Gasteiger charge is -2.38. The minimum Gasteiger partial charge on any atom is -0.319 e. The number of aromatic nitrogens is 2. The van der Waals surface area contributed by atoms with Gasteiger partial charge in [-0.1, -0.05) is 91.5 Å². The molecule has 25 heavy (non-hydrogen) atoms. The Morgan fingerprint density at radius 3 is 2.04 bits per heavy atom. The maximum absolute atomic E-state index is 4.33. The summed E-state index contributed by atoms with van der Waals surface area (Å²) in [7, 11) is 0. The number of benzene rings is 2. The molecule has 1 heterocycles. The zero-order valence-electron chi connectivity index (χ0n) is 14.4. The molecule has 0 saturated carbocycles. The van der Waals surface area contributed by atoms with E-state index in [9.17, 15) is 0 Å². The van der Waals surface area contributed by atoms with Crippen molar-refractivity contribution < 1.29 is 0 Å². The first-order chi connectivity index (χ1) is 12.3. The van der Waals surface area contributed by atoms with E-state index < -0.39 is 5.54 Å². The summed E-state index contributed by atoms with van der Waals surface area (Å²) in [4.78, 5) is 4.33. The summed E-state index contributed by atoms with van der Waals surface area (Å²) in [5.41, 5.74) is 3.03. The lowest BCUT2D eigenvalue weighted by Crippen LogP contribution is -2.37. The van der Waals surface area contributed by atoms with Gasteiger partial charge in [-0.2, -0.15) is 0 Å². The van der Waals surface area contributed by atoms with Crippen LogP contribution in [0.4, 0.5) is 0 Å². The fourth-order valence-corrected chi connectivity index (χ4v) is 3.36. The molecule has 124 valence electrons. The highest BCUT2D eigenvalue weighted by Gasteiger charge is 2.38. The molecular formula is C23H22N2. The Kier molecular flexibility index (Phi) is 5.10. The fraction of sp³-hybridized carbons (Fsp3) is 0.0870. The molecule has 0 saturated heterocycles. The second-order valence-electron chi connectivity index (χ2n) is 5.75. The quantitative estimate of drug-likeness (QED) is 0.557. The van der Waals surface area contributed by atoms with Crippen LogP contribution in [0.15, 0.2) is 116 Å². The summed E-state index contributed by atoms with van der Waals surface area (Å²) >= 11 is 0.